The van der Waals surface area contributed by atoms with Crippen molar-refractivity contribution < 1.29 is 19.8 Å². The molecular formula is C10H10O4-2. The van der Waals surface area contributed by atoms with Gasteiger partial charge in [-0.2, -0.15) is 0 Å². The van der Waals surface area contributed by atoms with Crippen molar-refractivity contribution in [2.45, 2.75) is 13.8 Å². The second-order valence-corrected chi connectivity index (χ2v) is 2.15. The summed E-state index contributed by atoms with van der Waals surface area (Å²) in [5.74, 6) is -2.67. The van der Waals surface area contributed by atoms with Crippen molar-refractivity contribution in [3.8, 4) is 0 Å². The highest BCUT2D eigenvalue weighted by Crippen LogP contribution is 2.01. The Labute approximate surface area is 81.8 Å². The van der Waals surface area contributed by atoms with Gasteiger partial charge in [0.1, 0.15) is 0 Å². The van der Waals surface area contributed by atoms with Gasteiger partial charge in [-0.25, -0.2) is 0 Å². The lowest BCUT2D eigenvalue weighted by Gasteiger charge is -2.04. The molecule has 0 unspecified atom stereocenters. The highest BCUT2D eigenvalue weighted by molar-refractivity contribution is 5.89. The first kappa shape index (κ1) is 12.2. The molecule has 0 N–H and O–H groups in total. The molecule has 0 aliphatic heterocycles. The van der Waals surface area contributed by atoms with Gasteiger partial charge in [0.25, 0.3) is 0 Å². The minimum Gasteiger partial charge on any atom is -0.545 e. The Balaban J connectivity index is 0.000000791. The van der Waals surface area contributed by atoms with Gasteiger partial charge in [0.05, 0.1) is 11.9 Å². The monoisotopic (exact) mass is 194 g/mol. The number of aromatic carboxylic acids is 2. The van der Waals surface area contributed by atoms with Crippen LogP contribution in [0.15, 0.2) is 24.3 Å². The van der Waals surface area contributed by atoms with E-state index in [1.165, 1.54) is 0 Å². The third-order valence-corrected chi connectivity index (χ3v) is 1.36. The molecule has 4 nitrogen and oxygen atoms in total. The molecule has 0 saturated carbocycles. The second-order valence-electron chi connectivity index (χ2n) is 2.15. The second kappa shape index (κ2) is 5.75. The zero-order valence-electron chi connectivity index (χ0n) is 7.94. The predicted octanol–water partition coefficient (Wildman–Crippen LogP) is -0.560. The maximum Gasteiger partial charge on any atom is 0.0715 e. The molecule has 1 rings (SSSR count). The first-order chi connectivity index (χ1) is 6.61. The molecule has 0 spiro atoms. The van der Waals surface area contributed by atoms with Gasteiger partial charge in [0.2, 0.25) is 0 Å². The van der Waals surface area contributed by atoms with Crippen LogP contribution in [-0.4, -0.2) is 11.9 Å². The summed E-state index contributed by atoms with van der Waals surface area (Å²) in [6.07, 6.45) is 0. The number of carboxylic acids is 2. The number of benzene rings is 1. The Morgan fingerprint density at radius 2 is 1.07 bits per heavy atom. The molecule has 0 atom stereocenters. The van der Waals surface area contributed by atoms with Gasteiger partial charge >= 0.3 is 0 Å². The van der Waals surface area contributed by atoms with Gasteiger partial charge in [-0.15, -0.1) is 0 Å². The first-order valence-corrected chi connectivity index (χ1v) is 4.14. The summed E-state index contributed by atoms with van der Waals surface area (Å²) in [6.45, 7) is 4.00. The minimum atomic E-state index is -1.33. The number of carbonyl (C=O) groups excluding carboxylic acids is 2. The van der Waals surface area contributed by atoms with Gasteiger partial charge in [0.15, 0.2) is 0 Å². The molecule has 0 radical (unpaired) electrons. The largest absolute Gasteiger partial charge is 0.545 e. The van der Waals surface area contributed by atoms with E-state index in [0.29, 0.717) is 0 Å². The smallest absolute Gasteiger partial charge is 0.0715 e. The molecule has 1 aromatic rings. The summed E-state index contributed by atoms with van der Waals surface area (Å²) < 4.78 is 0. The Hall–Kier alpha value is -1.84. The number of carbonyl (C=O) groups is 2. The lowest BCUT2D eigenvalue weighted by molar-refractivity contribution is -0.256. The Morgan fingerprint density at radius 3 is 1.21 bits per heavy atom. The predicted molar refractivity (Wildman–Crippen MR) is 46.5 cm³/mol. The van der Waals surface area contributed by atoms with Crippen LogP contribution in [-0.2, 0) is 0 Å². The van der Waals surface area contributed by atoms with Crippen LogP contribution < -0.4 is 10.2 Å². The molecule has 0 bridgehead atoms. The van der Waals surface area contributed by atoms with E-state index in [1.54, 1.807) is 0 Å². The van der Waals surface area contributed by atoms with Crippen LogP contribution in [0.2, 0.25) is 0 Å². The lowest BCUT2D eigenvalue weighted by Crippen LogP contribution is -2.24. The van der Waals surface area contributed by atoms with Crippen LogP contribution in [0.25, 0.3) is 0 Å². The van der Waals surface area contributed by atoms with Crippen LogP contribution in [0.5, 0.6) is 0 Å². The molecule has 0 fully saturated rings. The molecule has 0 aliphatic rings. The summed E-state index contributed by atoms with van der Waals surface area (Å²) >= 11 is 0. The molecule has 1 aromatic carbocycles. The fourth-order valence-corrected chi connectivity index (χ4v) is 0.742. The van der Waals surface area contributed by atoms with Gasteiger partial charge in [-0.3, -0.25) is 0 Å². The van der Waals surface area contributed by atoms with Gasteiger partial charge in [-0.05, 0) is 11.1 Å². The van der Waals surface area contributed by atoms with Crippen LogP contribution >= 0.6 is 0 Å². The molecule has 0 amide bonds. The summed E-state index contributed by atoms with van der Waals surface area (Å²) in [6, 6.07) is 4.61. The van der Waals surface area contributed by atoms with E-state index in [-0.39, 0.29) is 11.1 Å². The highest BCUT2D eigenvalue weighted by Gasteiger charge is 1.94. The van der Waals surface area contributed by atoms with E-state index in [2.05, 4.69) is 0 Å². The Kier molecular flexibility index (Phi) is 4.99. The summed E-state index contributed by atoms with van der Waals surface area (Å²) in [5, 5.41) is 20.4. The van der Waals surface area contributed by atoms with Crippen LogP contribution in [0.4, 0.5) is 0 Å². The molecule has 14 heavy (non-hydrogen) atoms. The van der Waals surface area contributed by atoms with E-state index in [9.17, 15) is 19.8 Å². The summed E-state index contributed by atoms with van der Waals surface area (Å²) in [5.41, 5.74) is -0.111. The van der Waals surface area contributed by atoms with Crippen molar-refractivity contribution in [3.05, 3.63) is 35.4 Å². The number of hydrogen-bond donors (Lipinski definition) is 0. The average molecular weight is 194 g/mol. The number of rotatable bonds is 2. The summed E-state index contributed by atoms with van der Waals surface area (Å²) in [7, 11) is 0. The fraction of sp³-hybridized carbons (Fsp3) is 0.200. The molecule has 0 heterocycles. The van der Waals surface area contributed by atoms with Crippen LogP contribution in [0.3, 0.4) is 0 Å². The normalized spacial score (nSPS) is 8.43. The quantitative estimate of drug-likeness (QED) is 0.632. The summed E-state index contributed by atoms with van der Waals surface area (Å²) in [4.78, 5) is 20.4. The van der Waals surface area contributed by atoms with Gasteiger partial charge in [-0.1, -0.05) is 38.1 Å². The van der Waals surface area contributed by atoms with Crippen molar-refractivity contribution in [2.75, 3.05) is 0 Å². The molecule has 76 valence electrons. The van der Waals surface area contributed by atoms with E-state index >= 15 is 0 Å². The zero-order valence-corrected chi connectivity index (χ0v) is 7.94. The molecule has 4 heteroatoms. The van der Waals surface area contributed by atoms with Gasteiger partial charge in [0, 0.05) is 0 Å². The molecular weight excluding hydrogens is 184 g/mol. The minimum absolute atomic E-state index is 0.0556. The third-order valence-electron chi connectivity index (χ3n) is 1.36. The van der Waals surface area contributed by atoms with Crippen LogP contribution in [0.1, 0.15) is 34.6 Å². The highest BCUT2D eigenvalue weighted by atomic mass is 16.4. The molecule has 0 aliphatic carbocycles. The fourth-order valence-electron chi connectivity index (χ4n) is 0.742. The molecule has 0 saturated heterocycles. The van der Waals surface area contributed by atoms with E-state index in [4.69, 9.17) is 0 Å². The number of carboxylic acid groups (broad SMARTS) is 2. The maximum atomic E-state index is 10.2. The lowest BCUT2D eigenvalue weighted by atomic mass is 10.1. The first-order valence-electron chi connectivity index (χ1n) is 4.14. The third kappa shape index (κ3) is 3.26. The standard InChI is InChI=1S/C8H6O4.C2H6/c9-7(10)5-1-2-6(4-3-5)8(11)12;1-2/h1-4H,(H,9,10)(H,11,12);1-2H3/p-2. The zero-order chi connectivity index (χ0) is 11.1. The van der Waals surface area contributed by atoms with Gasteiger partial charge < -0.3 is 19.8 Å². The van der Waals surface area contributed by atoms with Crippen molar-refractivity contribution in [1.29, 1.82) is 0 Å². The van der Waals surface area contributed by atoms with Crippen molar-refractivity contribution >= 4 is 11.9 Å². The van der Waals surface area contributed by atoms with Crippen molar-refractivity contribution in [3.63, 3.8) is 0 Å². The van der Waals surface area contributed by atoms with E-state index in [1.807, 2.05) is 13.8 Å². The van der Waals surface area contributed by atoms with E-state index < -0.39 is 11.9 Å². The van der Waals surface area contributed by atoms with Crippen molar-refractivity contribution in [1.82, 2.24) is 0 Å². The van der Waals surface area contributed by atoms with Crippen LogP contribution in [0, 0.1) is 0 Å². The maximum absolute atomic E-state index is 10.2. The van der Waals surface area contributed by atoms with Crippen molar-refractivity contribution in [2.24, 2.45) is 0 Å². The Bertz CT molecular complexity index is 280. The van der Waals surface area contributed by atoms with E-state index in [0.717, 1.165) is 24.3 Å². The molecule has 0 aromatic heterocycles. The average Bonchev–Trinajstić information content (AvgIpc) is 2.21. The SMILES string of the molecule is CC.O=C([O-])c1ccc(C(=O)[O-])cc1. The number of hydrogen-bond acceptors (Lipinski definition) is 4. The Morgan fingerprint density at radius 1 is 0.857 bits per heavy atom. The topological polar surface area (TPSA) is 80.3 Å².